The summed E-state index contributed by atoms with van der Waals surface area (Å²) in [6.45, 7) is 4.01. The summed E-state index contributed by atoms with van der Waals surface area (Å²) in [5, 5.41) is 20.9. The average Bonchev–Trinajstić information content (AvgIpc) is 3.06. The molecule has 21 heavy (non-hydrogen) atoms. The van der Waals surface area contributed by atoms with E-state index in [2.05, 4.69) is 15.5 Å². The van der Waals surface area contributed by atoms with E-state index in [-0.39, 0.29) is 17.3 Å². The minimum Gasteiger partial charge on any atom is -0.337 e. The fraction of sp³-hybridized carbons (Fsp3) is 0.692. The molecule has 1 aliphatic heterocycles. The molecule has 8 heteroatoms. The van der Waals surface area contributed by atoms with Gasteiger partial charge in [-0.3, -0.25) is 20.0 Å². The molecule has 1 aromatic rings. The maximum atomic E-state index is 12.5. The van der Waals surface area contributed by atoms with Crippen LogP contribution < -0.4 is 5.32 Å². The van der Waals surface area contributed by atoms with Crippen LogP contribution in [-0.4, -0.2) is 52.6 Å². The predicted octanol–water partition coefficient (Wildman–Crippen LogP) is 0.952. The number of nitrogens with one attached hydrogen (secondary N) is 2. The van der Waals surface area contributed by atoms with Gasteiger partial charge in [0, 0.05) is 13.1 Å². The minimum absolute atomic E-state index is 0.0615. The number of amides is 1. The molecule has 116 valence electrons. The first-order valence-electron chi connectivity index (χ1n) is 7.24. The SMILES string of the molecule is CCCc1[nH]nc(C(=O)N2CCC(CNC)C2)c1[N+](=O)[O-]. The van der Waals surface area contributed by atoms with Gasteiger partial charge in [-0.1, -0.05) is 13.3 Å². The summed E-state index contributed by atoms with van der Waals surface area (Å²) in [6.07, 6.45) is 2.18. The van der Waals surface area contributed by atoms with Gasteiger partial charge in [0.1, 0.15) is 5.69 Å². The highest BCUT2D eigenvalue weighted by molar-refractivity contribution is 5.96. The summed E-state index contributed by atoms with van der Waals surface area (Å²) in [5.74, 6) is 0.0472. The lowest BCUT2D eigenvalue weighted by molar-refractivity contribution is -0.385. The van der Waals surface area contributed by atoms with E-state index in [0.717, 1.165) is 19.4 Å². The molecule has 0 spiro atoms. The van der Waals surface area contributed by atoms with Crippen LogP contribution in [0.4, 0.5) is 5.69 Å². The quantitative estimate of drug-likeness (QED) is 0.600. The summed E-state index contributed by atoms with van der Waals surface area (Å²) in [4.78, 5) is 24.8. The van der Waals surface area contributed by atoms with Crippen molar-refractivity contribution in [2.45, 2.75) is 26.2 Å². The minimum atomic E-state index is -0.511. The van der Waals surface area contributed by atoms with Crippen LogP contribution >= 0.6 is 0 Å². The van der Waals surface area contributed by atoms with Crippen molar-refractivity contribution in [3.05, 3.63) is 21.5 Å². The van der Waals surface area contributed by atoms with Crippen molar-refractivity contribution in [2.24, 2.45) is 5.92 Å². The van der Waals surface area contributed by atoms with Crippen LogP contribution in [0.5, 0.6) is 0 Å². The van der Waals surface area contributed by atoms with Gasteiger partial charge in [-0.25, -0.2) is 0 Å². The number of hydrogen-bond acceptors (Lipinski definition) is 5. The van der Waals surface area contributed by atoms with Crippen molar-refractivity contribution in [1.29, 1.82) is 0 Å². The second-order valence-electron chi connectivity index (χ2n) is 5.37. The number of carbonyl (C=O) groups is 1. The zero-order chi connectivity index (χ0) is 15.4. The van der Waals surface area contributed by atoms with Gasteiger partial charge >= 0.3 is 5.69 Å². The van der Waals surface area contributed by atoms with Crippen molar-refractivity contribution < 1.29 is 9.72 Å². The second kappa shape index (κ2) is 6.66. The van der Waals surface area contributed by atoms with E-state index in [0.29, 0.717) is 31.1 Å². The van der Waals surface area contributed by atoms with Gasteiger partial charge in [0.25, 0.3) is 5.91 Å². The molecule has 0 aliphatic carbocycles. The maximum absolute atomic E-state index is 12.5. The molecule has 1 fully saturated rings. The zero-order valence-corrected chi connectivity index (χ0v) is 12.4. The van der Waals surface area contributed by atoms with Gasteiger partial charge in [0.2, 0.25) is 5.69 Å². The summed E-state index contributed by atoms with van der Waals surface area (Å²) >= 11 is 0. The number of nitrogens with zero attached hydrogens (tertiary/aromatic N) is 3. The van der Waals surface area contributed by atoms with E-state index in [1.54, 1.807) is 4.90 Å². The van der Waals surface area contributed by atoms with Gasteiger partial charge in [0.15, 0.2) is 0 Å². The van der Waals surface area contributed by atoms with Crippen molar-refractivity contribution >= 4 is 11.6 Å². The van der Waals surface area contributed by atoms with Gasteiger partial charge < -0.3 is 10.2 Å². The average molecular weight is 295 g/mol. The van der Waals surface area contributed by atoms with Crippen LogP contribution in [0.3, 0.4) is 0 Å². The molecule has 0 saturated carbocycles. The molecular weight excluding hydrogens is 274 g/mol. The number of nitro groups is 1. The lowest BCUT2D eigenvalue weighted by Crippen LogP contribution is -2.31. The van der Waals surface area contributed by atoms with Crippen LogP contribution in [0.2, 0.25) is 0 Å². The van der Waals surface area contributed by atoms with Crippen molar-refractivity contribution in [3.8, 4) is 0 Å². The van der Waals surface area contributed by atoms with Gasteiger partial charge in [-0.15, -0.1) is 0 Å². The predicted molar refractivity (Wildman–Crippen MR) is 77.2 cm³/mol. The molecular formula is C13H21N5O3. The molecule has 0 radical (unpaired) electrons. The molecule has 2 N–H and O–H groups in total. The van der Waals surface area contributed by atoms with Crippen LogP contribution in [0, 0.1) is 16.0 Å². The third-order valence-electron chi connectivity index (χ3n) is 3.76. The summed E-state index contributed by atoms with van der Waals surface area (Å²) < 4.78 is 0. The normalized spacial score (nSPS) is 18.2. The molecule has 1 aromatic heterocycles. The molecule has 1 unspecified atom stereocenters. The molecule has 1 aliphatic rings. The highest BCUT2D eigenvalue weighted by Gasteiger charge is 2.34. The largest absolute Gasteiger partial charge is 0.337 e. The summed E-state index contributed by atoms with van der Waals surface area (Å²) in [7, 11) is 1.88. The number of aryl methyl sites for hydroxylation is 1. The summed E-state index contributed by atoms with van der Waals surface area (Å²) in [6, 6.07) is 0. The van der Waals surface area contributed by atoms with Crippen molar-refractivity contribution in [1.82, 2.24) is 20.4 Å². The number of H-pyrrole nitrogens is 1. The molecule has 1 amide bonds. The van der Waals surface area contributed by atoms with Crippen molar-refractivity contribution in [3.63, 3.8) is 0 Å². The molecule has 1 atom stereocenters. The maximum Gasteiger partial charge on any atom is 0.322 e. The Bertz CT molecular complexity index is 528. The number of likely N-dealkylation sites (tertiary alicyclic amines) is 1. The van der Waals surface area contributed by atoms with E-state index >= 15 is 0 Å². The van der Waals surface area contributed by atoms with Crippen LogP contribution in [-0.2, 0) is 6.42 Å². The summed E-state index contributed by atoms with van der Waals surface area (Å²) in [5.41, 5.74) is 0.198. The Morgan fingerprint density at radius 3 is 3.00 bits per heavy atom. The smallest absolute Gasteiger partial charge is 0.322 e. The Morgan fingerprint density at radius 2 is 2.38 bits per heavy atom. The second-order valence-corrected chi connectivity index (χ2v) is 5.37. The van der Waals surface area contributed by atoms with Gasteiger partial charge in [-0.2, -0.15) is 5.10 Å². The third-order valence-corrected chi connectivity index (χ3v) is 3.76. The van der Waals surface area contributed by atoms with E-state index in [4.69, 9.17) is 0 Å². The van der Waals surface area contributed by atoms with E-state index in [9.17, 15) is 14.9 Å². The van der Waals surface area contributed by atoms with E-state index < -0.39 is 4.92 Å². The molecule has 0 bridgehead atoms. The fourth-order valence-corrected chi connectivity index (χ4v) is 2.76. The molecule has 8 nitrogen and oxygen atoms in total. The first kappa shape index (κ1) is 15.4. The van der Waals surface area contributed by atoms with E-state index in [1.165, 1.54) is 0 Å². The standard InChI is InChI=1S/C13H21N5O3/c1-3-4-10-12(18(20)21)11(16-15-10)13(19)17-6-5-9(8-17)7-14-2/h9,14H,3-8H2,1-2H3,(H,15,16). The first-order valence-corrected chi connectivity index (χ1v) is 7.24. The van der Waals surface area contributed by atoms with Gasteiger partial charge in [0.05, 0.1) is 4.92 Å². The number of aromatic nitrogens is 2. The number of hydrogen-bond donors (Lipinski definition) is 2. The van der Waals surface area contributed by atoms with E-state index in [1.807, 2.05) is 14.0 Å². The molecule has 1 saturated heterocycles. The lowest BCUT2D eigenvalue weighted by atomic mass is 10.1. The number of aromatic amines is 1. The highest BCUT2D eigenvalue weighted by atomic mass is 16.6. The topological polar surface area (TPSA) is 104 Å². The Balaban J connectivity index is 2.18. The third kappa shape index (κ3) is 3.21. The number of rotatable bonds is 6. The first-order chi connectivity index (χ1) is 10.1. The Morgan fingerprint density at radius 1 is 1.62 bits per heavy atom. The van der Waals surface area contributed by atoms with Crippen LogP contribution in [0.25, 0.3) is 0 Å². The highest BCUT2D eigenvalue weighted by Crippen LogP contribution is 2.26. The van der Waals surface area contributed by atoms with Gasteiger partial charge in [-0.05, 0) is 32.4 Å². The Labute approximate surface area is 123 Å². The zero-order valence-electron chi connectivity index (χ0n) is 12.4. The van der Waals surface area contributed by atoms with Crippen LogP contribution in [0.1, 0.15) is 35.9 Å². The Kier molecular flexibility index (Phi) is 4.89. The van der Waals surface area contributed by atoms with Crippen molar-refractivity contribution in [2.75, 3.05) is 26.7 Å². The molecule has 2 heterocycles. The Hall–Kier alpha value is -1.96. The molecule has 2 rings (SSSR count). The number of carbonyl (C=O) groups excluding carboxylic acids is 1. The fourth-order valence-electron chi connectivity index (χ4n) is 2.76. The van der Waals surface area contributed by atoms with Crippen LogP contribution in [0.15, 0.2) is 0 Å². The molecule has 0 aromatic carbocycles. The monoisotopic (exact) mass is 295 g/mol. The lowest BCUT2D eigenvalue weighted by Gasteiger charge is -2.14.